The van der Waals surface area contributed by atoms with Crippen LogP contribution >= 0.6 is 0 Å². The minimum Gasteiger partial charge on any atom is -0.318 e. The molecule has 0 radical (unpaired) electrons. The minimum atomic E-state index is 0.0539. The smallest absolute Gasteiger partial charge is 0.253 e. The van der Waals surface area contributed by atoms with Crippen molar-refractivity contribution in [1.82, 2.24) is 18.9 Å². The highest BCUT2D eigenvalue weighted by Gasteiger charge is 2.13. The predicted octanol–water partition coefficient (Wildman–Crippen LogP) is 2.99. The molecule has 4 rings (SSSR count). The molecule has 130 valence electrons. The molecule has 0 bridgehead atoms. The van der Waals surface area contributed by atoms with E-state index in [4.69, 9.17) is 0 Å². The first-order valence-electron chi connectivity index (χ1n) is 8.98. The molecule has 5 heteroatoms. The van der Waals surface area contributed by atoms with E-state index in [0.717, 1.165) is 28.9 Å². The number of hydrogen-bond acceptors (Lipinski definition) is 3. The van der Waals surface area contributed by atoms with Gasteiger partial charge in [0.15, 0.2) is 0 Å². The number of piperidine rings is 1. The summed E-state index contributed by atoms with van der Waals surface area (Å²) in [5, 5.41) is 0. The standard InChI is InChI=1S/C20H24N4O/c1-15-10-17(12-22(2)20(15)25)16-6-7-19-21-11-18(24(19)13-16)14-23-8-4-3-5-9-23/h6-7,10-13H,3-5,8-9,14H2,1-2H3. The largest absolute Gasteiger partial charge is 0.318 e. The van der Waals surface area contributed by atoms with Crippen LogP contribution in [-0.4, -0.2) is 31.9 Å². The van der Waals surface area contributed by atoms with E-state index in [1.165, 1.54) is 38.0 Å². The fraction of sp³-hybridized carbons (Fsp3) is 0.400. The van der Waals surface area contributed by atoms with Crippen LogP contribution in [0, 0.1) is 6.92 Å². The predicted molar refractivity (Wildman–Crippen MR) is 99.7 cm³/mol. The van der Waals surface area contributed by atoms with Crippen LogP contribution in [0.2, 0.25) is 0 Å². The molecule has 0 amide bonds. The lowest BCUT2D eigenvalue weighted by Gasteiger charge is -2.26. The van der Waals surface area contributed by atoms with Gasteiger partial charge in [-0.25, -0.2) is 4.98 Å². The fourth-order valence-corrected chi connectivity index (χ4v) is 3.70. The van der Waals surface area contributed by atoms with E-state index in [1.807, 2.05) is 25.4 Å². The van der Waals surface area contributed by atoms with Gasteiger partial charge in [0, 0.05) is 31.5 Å². The highest BCUT2D eigenvalue weighted by Crippen LogP contribution is 2.21. The van der Waals surface area contributed by atoms with Gasteiger partial charge >= 0.3 is 0 Å². The first-order chi connectivity index (χ1) is 12.1. The third-order valence-corrected chi connectivity index (χ3v) is 5.11. The fourth-order valence-electron chi connectivity index (χ4n) is 3.70. The Morgan fingerprint density at radius 1 is 1.08 bits per heavy atom. The molecule has 1 aliphatic rings. The maximum absolute atomic E-state index is 11.9. The Morgan fingerprint density at radius 2 is 1.88 bits per heavy atom. The van der Waals surface area contributed by atoms with Crippen molar-refractivity contribution in [3.05, 3.63) is 58.4 Å². The van der Waals surface area contributed by atoms with Crippen molar-refractivity contribution in [3.63, 3.8) is 0 Å². The lowest BCUT2D eigenvalue weighted by molar-refractivity contribution is 0.218. The molecule has 3 aromatic rings. The maximum atomic E-state index is 11.9. The van der Waals surface area contributed by atoms with E-state index >= 15 is 0 Å². The Kier molecular flexibility index (Phi) is 4.17. The molecule has 0 aromatic carbocycles. The third kappa shape index (κ3) is 3.12. The molecule has 1 fully saturated rings. The Morgan fingerprint density at radius 3 is 2.64 bits per heavy atom. The minimum absolute atomic E-state index is 0.0539. The quantitative estimate of drug-likeness (QED) is 0.738. The summed E-state index contributed by atoms with van der Waals surface area (Å²) in [4.78, 5) is 19.0. The van der Waals surface area contributed by atoms with E-state index in [2.05, 4.69) is 32.6 Å². The second-order valence-corrected chi connectivity index (χ2v) is 7.06. The van der Waals surface area contributed by atoms with Gasteiger partial charge in [-0.1, -0.05) is 6.42 Å². The molecule has 1 aliphatic heterocycles. The summed E-state index contributed by atoms with van der Waals surface area (Å²) >= 11 is 0. The number of hydrogen-bond donors (Lipinski definition) is 0. The molecule has 0 spiro atoms. The number of aryl methyl sites for hydroxylation is 2. The summed E-state index contributed by atoms with van der Waals surface area (Å²) in [6.07, 6.45) is 9.96. The van der Waals surface area contributed by atoms with Gasteiger partial charge in [0.2, 0.25) is 0 Å². The molecule has 4 heterocycles. The first-order valence-corrected chi connectivity index (χ1v) is 8.98. The Hall–Kier alpha value is -2.40. The van der Waals surface area contributed by atoms with Crippen LogP contribution in [0.3, 0.4) is 0 Å². The average molecular weight is 336 g/mol. The van der Waals surface area contributed by atoms with Crippen LogP contribution in [0.5, 0.6) is 0 Å². The van der Waals surface area contributed by atoms with Gasteiger partial charge in [0.05, 0.1) is 11.9 Å². The lowest BCUT2D eigenvalue weighted by atomic mass is 10.1. The molecule has 3 aromatic heterocycles. The zero-order chi connectivity index (χ0) is 17.4. The summed E-state index contributed by atoms with van der Waals surface area (Å²) in [5.41, 5.74) is 5.17. The van der Waals surface area contributed by atoms with E-state index in [1.54, 1.807) is 11.6 Å². The molecular formula is C20H24N4O. The zero-order valence-electron chi connectivity index (χ0n) is 14.9. The highest BCUT2D eigenvalue weighted by molar-refractivity contribution is 5.64. The molecule has 5 nitrogen and oxygen atoms in total. The number of rotatable bonds is 3. The molecular weight excluding hydrogens is 312 g/mol. The van der Waals surface area contributed by atoms with Crippen molar-refractivity contribution in [1.29, 1.82) is 0 Å². The number of imidazole rings is 1. The van der Waals surface area contributed by atoms with Gasteiger partial charge in [-0.05, 0) is 62.2 Å². The maximum Gasteiger partial charge on any atom is 0.253 e. The molecule has 0 N–H and O–H groups in total. The molecule has 0 aliphatic carbocycles. The molecule has 0 saturated carbocycles. The second kappa shape index (κ2) is 6.48. The molecule has 0 unspecified atom stereocenters. The summed E-state index contributed by atoms with van der Waals surface area (Å²) in [7, 11) is 1.80. The number of fused-ring (bicyclic) bond motifs is 1. The Balaban J connectivity index is 1.72. The van der Waals surface area contributed by atoms with Gasteiger partial charge in [-0.2, -0.15) is 0 Å². The SMILES string of the molecule is Cc1cc(-c2ccc3ncc(CN4CCCCC4)n3c2)cn(C)c1=O. The van der Waals surface area contributed by atoms with Crippen LogP contribution < -0.4 is 5.56 Å². The Labute approximate surface area is 147 Å². The second-order valence-electron chi connectivity index (χ2n) is 7.06. The van der Waals surface area contributed by atoms with Gasteiger partial charge in [0.25, 0.3) is 5.56 Å². The van der Waals surface area contributed by atoms with Crippen LogP contribution in [-0.2, 0) is 13.6 Å². The third-order valence-electron chi connectivity index (χ3n) is 5.11. The summed E-state index contributed by atoms with van der Waals surface area (Å²) in [6.45, 7) is 5.15. The van der Waals surface area contributed by atoms with E-state index in [0.29, 0.717) is 0 Å². The summed E-state index contributed by atoms with van der Waals surface area (Å²) in [5.74, 6) is 0. The zero-order valence-corrected chi connectivity index (χ0v) is 14.9. The normalized spacial score (nSPS) is 15.8. The van der Waals surface area contributed by atoms with Gasteiger partial charge in [0.1, 0.15) is 5.65 Å². The summed E-state index contributed by atoms with van der Waals surface area (Å²) in [6, 6.07) is 6.09. The van der Waals surface area contributed by atoms with Crippen molar-refractivity contribution in [3.8, 4) is 11.1 Å². The van der Waals surface area contributed by atoms with Crippen LogP contribution in [0.25, 0.3) is 16.8 Å². The van der Waals surface area contributed by atoms with Crippen LogP contribution in [0.4, 0.5) is 0 Å². The number of pyridine rings is 2. The van der Waals surface area contributed by atoms with Crippen molar-refractivity contribution in [2.24, 2.45) is 7.05 Å². The van der Waals surface area contributed by atoms with Gasteiger partial charge in [-0.15, -0.1) is 0 Å². The number of nitrogens with zero attached hydrogens (tertiary/aromatic N) is 4. The van der Waals surface area contributed by atoms with Crippen LogP contribution in [0.1, 0.15) is 30.5 Å². The molecule has 25 heavy (non-hydrogen) atoms. The average Bonchev–Trinajstić information content (AvgIpc) is 3.02. The van der Waals surface area contributed by atoms with Crippen molar-refractivity contribution < 1.29 is 0 Å². The van der Waals surface area contributed by atoms with Crippen LogP contribution in [0.15, 0.2) is 41.6 Å². The molecule has 0 atom stereocenters. The van der Waals surface area contributed by atoms with Gasteiger partial charge in [-0.3, -0.25) is 9.69 Å². The summed E-state index contributed by atoms with van der Waals surface area (Å²) < 4.78 is 3.84. The van der Waals surface area contributed by atoms with Crippen molar-refractivity contribution in [2.75, 3.05) is 13.1 Å². The first kappa shape index (κ1) is 16.1. The van der Waals surface area contributed by atoms with E-state index < -0.39 is 0 Å². The number of aromatic nitrogens is 3. The topological polar surface area (TPSA) is 42.5 Å². The molecule has 1 saturated heterocycles. The van der Waals surface area contributed by atoms with E-state index in [-0.39, 0.29) is 5.56 Å². The van der Waals surface area contributed by atoms with E-state index in [9.17, 15) is 4.79 Å². The monoisotopic (exact) mass is 336 g/mol. The van der Waals surface area contributed by atoms with Crippen molar-refractivity contribution in [2.45, 2.75) is 32.7 Å². The van der Waals surface area contributed by atoms with Crippen molar-refractivity contribution >= 4 is 5.65 Å². The highest BCUT2D eigenvalue weighted by atomic mass is 16.1. The lowest BCUT2D eigenvalue weighted by Crippen LogP contribution is -2.29. The number of likely N-dealkylation sites (tertiary alicyclic amines) is 1. The van der Waals surface area contributed by atoms with Gasteiger partial charge < -0.3 is 8.97 Å². The Bertz CT molecular complexity index is 937.